The molecule has 6 heteroatoms. The van der Waals surface area contributed by atoms with Crippen LogP contribution in [0.15, 0.2) is 71.3 Å². The van der Waals surface area contributed by atoms with Crippen molar-refractivity contribution in [2.24, 2.45) is 0 Å². The molecule has 2 N–H and O–H groups in total. The van der Waals surface area contributed by atoms with Crippen LogP contribution in [0.2, 0.25) is 0 Å². The van der Waals surface area contributed by atoms with Gasteiger partial charge in [-0.25, -0.2) is 4.79 Å². The van der Waals surface area contributed by atoms with E-state index in [4.69, 9.17) is 4.52 Å². The Hall–Kier alpha value is -3.54. The highest BCUT2D eigenvalue weighted by molar-refractivity contribution is 5.76. The van der Waals surface area contributed by atoms with Gasteiger partial charge in [-0.3, -0.25) is 0 Å². The van der Waals surface area contributed by atoms with E-state index in [1.165, 1.54) is 5.57 Å². The minimum Gasteiger partial charge on any atom is -0.508 e. The summed E-state index contributed by atoms with van der Waals surface area (Å²) in [6.07, 6.45) is 2.83. The highest BCUT2D eigenvalue weighted by atomic mass is 16.5. The number of aromatic nitrogens is 1. The Bertz CT molecular complexity index is 978. The fourth-order valence-corrected chi connectivity index (χ4v) is 3.21. The molecular formula is C22H21N3O3. The van der Waals surface area contributed by atoms with Crippen molar-refractivity contribution in [2.45, 2.75) is 13.0 Å². The molecule has 1 aromatic heterocycles. The number of carbonyl (C=O) groups is 1. The van der Waals surface area contributed by atoms with Gasteiger partial charge < -0.3 is 19.8 Å². The van der Waals surface area contributed by atoms with Gasteiger partial charge in [0.2, 0.25) is 0 Å². The number of nitrogens with one attached hydrogen (secondary N) is 1. The molecular weight excluding hydrogens is 354 g/mol. The Morgan fingerprint density at radius 3 is 2.61 bits per heavy atom. The number of nitrogens with zero attached hydrogens (tertiary/aromatic N) is 2. The molecule has 28 heavy (non-hydrogen) atoms. The van der Waals surface area contributed by atoms with Crippen LogP contribution in [0, 0.1) is 0 Å². The molecule has 0 spiro atoms. The quantitative estimate of drug-likeness (QED) is 0.721. The molecule has 0 radical (unpaired) electrons. The first-order valence-electron chi connectivity index (χ1n) is 9.21. The van der Waals surface area contributed by atoms with Crippen molar-refractivity contribution in [3.05, 3.63) is 78.1 Å². The SMILES string of the molecule is O=C(NCc1cc(-c2ccccc2)no1)N1CC=C(c2ccc(O)cc2)CC1. The number of phenols is 1. The van der Waals surface area contributed by atoms with Gasteiger partial charge in [0, 0.05) is 24.7 Å². The molecule has 3 aromatic rings. The first-order valence-corrected chi connectivity index (χ1v) is 9.21. The fraction of sp³-hybridized carbons (Fsp3) is 0.182. The summed E-state index contributed by atoms with van der Waals surface area (Å²) in [5.41, 5.74) is 4.00. The van der Waals surface area contributed by atoms with Crippen molar-refractivity contribution in [2.75, 3.05) is 13.1 Å². The van der Waals surface area contributed by atoms with E-state index in [-0.39, 0.29) is 11.8 Å². The number of carbonyl (C=O) groups excluding carboxylic acids is 1. The smallest absolute Gasteiger partial charge is 0.318 e. The fourth-order valence-electron chi connectivity index (χ4n) is 3.21. The molecule has 1 aliphatic heterocycles. The second-order valence-electron chi connectivity index (χ2n) is 6.68. The monoisotopic (exact) mass is 375 g/mol. The molecule has 142 valence electrons. The van der Waals surface area contributed by atoms with Crippen LogP contribution in [0.5, 0.6) is 5.75 Å². The largest absolute Gasteiger partial charge is 0.508 e. The topological polar surface area (TPSA) is 78.6 Å². The Labute approximate surface area is 163 Å². The van der Waals surface area contributed by atoms with Crippen LogP contribution in [-0.4, -0.2) is 34.3 Å². The highest BCUT2D eigenvalue weighted by Crippen LogP contribution is 2.24. The first-order chi connectivity index (χ1) is 13.7. The number of urea groups is 1. The molecule has 0 bridgehead atoms. The minimum absolute atomic E-state index is 0.126. The molecule has 2 aromatic carbocycles. The van der Waals surface area contributed by atoms with Crippen LogP contribution in [0.4, 0.5) is 4.79 Å². The average molecular weight is 375 g/mol. The predicted molar refractivity (Wildman–Crippen MR) is 106 cm³/mol. The van der Waals surface area contributed by atoms with Gasteiger partial charge in [-0.1, -0.05) is 53.7 Å². The molecule has 0 atom stereocenters. The standard InChI is InChI=1S/C22H21N3O3/c26-19-8-6-16(7-9-19)17-10-12-25(13-11-17)22(27)23-15-20-14-21(24-28-20)18-4-2-1-3-5-18/h1-10,14,26H,11-13,15H2,(H,23,27). The third kappa shape index (κ3) is 4.06. The molecule has 2 amide bonds. The van der Waals surface area contributed by atoms with E-state index >= 15 is 0 Å². The van der Waals surface area contributed by atoms with E-state index in [2.05, 4.69) is 16.5 Å². The van der Waals surface area contributed by atoms with Crippen molar-refractivity contribution in [1.82, 2.24) is 15.4 Å². The van der Waals surface area contributed by atoms with Crippen molar-refractivity contribution < 1.29 is 14.4 Å². The van der Waals surface area contributed by atoms with E-state index < -0.39 is 0 Å². The van der Waals surface area contributed by atoms with Gasteiger partial charge in [-0.05, 0) is 29.7 Å². The van der Waals surface area contributed by atoms with Gasteiger partial charge in [0.15, 0.2) is 5.76 Å². The zero-order chi connectivity index (χ0) is 19.3. The van der Waals surface area contributed by atoms with Gasteiger partial charge in [0.1, 0.15) is 11.4 Å². The molecule has 1 aliphatic rings. The summed E-state index contributed by atoms with van der Waals surface area (Å²) >= 11 is 0. The molecule has 2 heterocycles. The Morgan fingerprint density at radius 1 is 1.11 bits per heavy atom. The summed E-state index contributed by atoms with van der Waals surface area (Å²) in [4.78, 5) is 14.2. The third-order valence-electron chi connectivity index (χ3n) is 4.78. The van der Waals surface area contributed by atoms with E-state index in [9.17, 15) is 9.90 Å². The molecule has 0 unspecified atom stereocenters. The number of rotatable bonds is 4. The number of hydrogen-bond acceptors (Lipinski definition) is 4. The maximum absolute atomic E-state index is 12.4. The van der Waals surface area contributed by atoms with E-state index in [1.807, 2.05) is 48.5 Å². The zero-order valence-corrected chi connectivity index (χ0v) is 15.3. The second kappa shape index (κ2) is 8.00. The van der Waals surface area contributed by atoms with Crippen LogP contribution in [-0.2, 0) is 6.54 Å². The molecule has 6 nitrogen and oxygen atoms in total. The lowest BCUT2D eigenvalue weighted by Gasteiger charge is -2.26. The van der Waals surface area contributed by atoms with Crippen LogP contribution >= 0.6 is 0 Å². The molecule has 0 aliphatic carbocycles. The number of amides is 2. The average Bonchev–Trinajstić information content (AvgIpc) is 3.22. The van der Waals surface area contributed by atoms with E-state index in [1.54, 1.807) is 17.0 Å². The highest BCUT2D eigenvalue weighted by Gasteiger charge is 2.18. The van der Waals surface area contributed by atoms with Crippen molar-refractivity contribution in [3.8, 4) is 17.0 Å². The van der Waals surface area contributed by atoms with Gasteiger partial charge in [0.05, 0.1) is 6.54 Å². The number of phenolic OH excluding ortho intramolecular Hbond substituents is 1. The van der Waals surface area contributed by atoms with Crippen molar-refractivity contribution >= 4 is 11.6 Å². The van der Waals surface area contributed by atoms with Gasteiger partial charge in [-0.15, -0.1) is 0 Å². The summed E-state index contributed by atoms with van der Waals surface area (Å²) in [6.45, 7) is 1.49. The lowest BCUT2D eigenvalue weighted by atomic mass is 9.99. The van der Waals surface area contributed by atoms with Gasteiger partial charge in [-0.2, -0.15) is 0 Å². The molecule has 0 saturated carbocycles. The minimum atomic E-state index is -0.126. The second-order valence-corrected chi connectivity index (χ2v) is 6.68. The normalized spacial score (nSPS) is 13.9. The summed E-state index contributed by atoms with van der Waals surface area (Å²) in [5, 5.41) is 16.3. The number of aromatic hydroxyl groups is 1. The molecule has 4 rings (SSSR count). The van der Waals surface area contributed by atoms with Crippen molar-refractivity contribution in [3.63, 3.8) is 0 Å². The summed E-state index contributed by atoms with van der Waals surface area (Å²) in [5.74, 6) is 0.869. The zero-order valence-electron chi connectivity index (χ0n) is 15.3. The number of hydrogen-bond donors (Lipinski definition) is 2. The van der Waals surface area contributed by atoms with Gasteiger partial charge in [0.25, 0.3) is 0 Å². The summed E-state index contributed by atoms with van der Waals surface area (Å²) in [6, 6.07) is 18.6. The van der Waals surface area contributed by atoms with Crippen LogP contribution in [0.1, 0.15) is 17.7 Å². The lowest BCUT2D eigenvalue weighted by molar-refractivity contribution is 0.201. The van der Waals surface area contributed by atoms with Crippen molar-refractivity contribution in [1.29, 1.82) is 0 Å². The third-order valence-corrected chi connectivity index (χ3v) is 4.78. The molecule has 0 fully saturated rings. The maximum Gasteiger partial charge on any atom is 0.318 e. The number of benzene rings is 2. The summed E-state index contributed by atoms with van der Waals surface area (Å²) in [7, 11) is 0. The van der Waals surface area contributed by atoms with Gasteiger partial charge >= 0.3 is 6.03 Å². The van der Waals surface area contributed by atoms with Crippen LogP contribution < -0.4 is 5.32 Å². The maximum atomic E-state index is 12.4. The lowest BCUT2D eigenvalue weighted by Crippen LogP contribution is -2.41. The van der Waals surface area contributed by atoms with E-state index in [0.29, 0.717) is 25.4 Å². The van der Waals surface area contributed by atoms with Crippen LogP contribution in [0.25, 0.3) is 16.8 Å². The molecule has 0 saturated heterocycles. The Morgan fingerprint density at radius 2 is 1.89 bits per heavy atom. The Balaban J connectivity index is 1.31. The summed E-state index contributed by atoms with van der Waals surface area (Å²) < 4.78 is 5.33. The van der Waals surface area contributed by atoms with E-state index in [0.717, 1.165) is 23.2 Å². The Kier molecular flexibility index (Phi) is 5.10. The van der Waals surface area contributed by atoms with Crippen LogP contribution in [0.3, 0.4) is 0 Å². The first kappa shape index (κ1) is 17.9. The predicted octanol–water partition coefficient (Wildman–Crippen LogP) is 4.05.